The van der Waals surface area contributed by atoms with Gasteiger partial charge in [0.2, 0.25) is 63.8 Å². The molecular formula is C50H72N10O16S. The molecule has 5 aliphatic rings. The number of carbonyl (C=O) groups excluding carboxylic acids is 10. The van der Waals surface area contributed by atoms with E-state index >= 15 is 9.59 Å². The first kappa shape index (κ1) is 59.8. The largest absolute Gasteiger partial charge is 0.610 e. The number of rotatable bonds is 13. The van der Waals surface area contributed by atoms with Gasteiger partial charge in [-0.3, -0.25) is 47.9 Å². The summed E-state index contributed by atoms with van der Waals surface area (Å²) in [6, 6.07) is -5.75. The lowest BCUT2D eigenvalue weighted by molar-refractivity contribution is -0.166. The molecule has 12 atom stereocenters. The lowest BCUT2D eigenvalue weighted by atomic mass is 9.89. The van der Waals surface area contributed by atoms with E-state index in [2.05, 4.69) is 42.2 Å². The van der Waals surface area contributed by atoms with E-state index in [-0.39, 0.29) is 59.3 Å². The number of esters is 1. The molecule has 8 bridgehead atoms. The highest BCUT2D eigenvalue weighted by atomic mass is 32.2. The van der Waals surface area contributed by atoms with Crippen LogP contribution in [0.5, 0.6) is 5.75 Å². The van der Waals surface area contributed by atoms with Crippen LogP contribution in [0.4, 0.5) is 0 Å². The third kappa shape index (κ3) is 14.6. The average Bonchev–Trinajstić information content (AvgIpc) is 4.00. The van der Waals surface area contributed by atoms with E-state index in [0.29, 0.717) is 6.42 Å². The molecule has 5 aliphatic heterocycles. The zero-order chi connectivity index (χ0) is 56.7. The summed E-state index contributed by atoms with van der Waals surface area (Å²) < 4.78 is 27.3. The van der Waals surface area contributed by atoms with Crippen molar-refractivity contribution in [3.05, 3.63) is 23.8 Å². The van der Waals surface area contributed by atoms with E-state index in [1.54, 1.807) is 34.6 Å². The molecular weight excluding hydrogens is 1030 g/mol. The number of amides is 8. The van der Waals surface area contributed by atoms with Crippen LogP contribution < -0.4 is 47.7 Å². The fourth-order valence-corrected chi connectivity index (χ4v) is 11.4. The Morgan fingerprint density at radius 1 is 0.896 bits per heavy atom. The van der Waals surface area contributed by atoms with Crippen LogP contribution in [-0.2, 0) is 70.3 Å². The fourth-order valence-electron chi connectivity index (χ4n) is 9.96. The molecule has 0 radical (unpaired) electrons. The highest BCUT2D eigenvalue weighted by Crippen LogP contribution is 2.39. The van der Waals surface area contributed by atoms with E-state index in [1.807, 2.05) is 0 Å². The van der Waals surface area contributed by atoms with Gasteiger partial charge < -0.3 is 77.3 Å². The normalized spacial score (nSPS) is 28.5. The van der Waals surface area contributed by atoms with Gasteiger partial charge in [0.15, 0.2) is 6.04 Å². The number of Topliss-reactive ketones (excluding diaryl/α,β-unsaturated/α-hetero) is 1. The number of aliphatic hydroxyl groups excluding tert-OH is 3. The molecule has 424 valence electrons. The van der Waals surface area contributed by atoms with Crippen LogP contribution in [0, 0.1) is 11.8 Å². The maximum absolute atomic E-state index is 16.0. The topological polar surface area (TPSA) is 402 Å². The summed E-state index contributed by atoms with van der Waals surface area (Å²) in [5, 5.41) is 50.5. The Kier molecular flexibility index (Phi) is 19.7. The van der Waals surface area contributed by atoms with Crippen molar-refractivity contribution >= 4 is 81.1 Å². The highest BCUT2D eigenvalue weighted by molar-refractivity contribution is 7.91. The molecule has 27 heteroatoms. The van der Waals surface area contributed by atoms with Crippen molar-refractivity contribution in [3.8, 4) is 5.75 Å². The number of ketones is 1. The van der Waals surface area contributed by atoms with E-state index in [9.17, 15) is 58.2 Å². The summed E-state index contributed by atoms with van der Waals surface area (Å²) in [6.07, 6.45) is -4.42. The number of carbonyl (C=O) groups is 10. The molecule has 4 unspecified atom stereocenters. The van der Waals surface area contributed by atoms with Crippen molar-refractivity contribution in [2.75, 3.05) is 32.0 Å². The maximum Gasteiger partial charge on any atom is 0.306 e. The number of aromatic nitrogens is 1. The van der Waals surface area contributed by atoms with Crippen molar-refractivity contribution < 1.29 is 77.3 Å². The number of primary amides is 1. The van der Waals surface area contributed by atoms with Crippen LogP contribution in [-0.4, -0.2) is 181 Å². The molecule has 2 aromatic rings. The summed E-state index contributed by atoms with van der Waals surface area (Å²) in [6.45, 7) is 6.96. The van der Waals surface area contributed by atoms with Gasteiger partial charge in [-0.2, -0.15) is 0 Å². The molecule has 1 saturated heterocycles. The minimum Gasteiger partial charge on any atom is -0.610 e. The number of hydrogen-bond acceptors (Lipinski definition) is 17. The monoisotopic (exact) mass is 1100 g/mol. The number of nitrogens with one attached hydrogen (secondary N) is 8. The third-order valence-electron chi connectivity index (χ3n) is 14.2. The van der Waals surface area contributed by atoms with E-state index in [0.717, 1.165) is 0 Å². The molecule has 0 spiro atoms. The minimum atomic E-state index is -2.46. The van der Waals surface area contributed by atoms with Gasteiger partial charge >= 0.3 is 5.97 Å². The summed E-state index contributed by atoms with van der Waals surface area (Å²) in [5.41, 5.74) is 2.83. The van der Waals surface area contributed by atoms with E-state index in [1.165, 1.54) is 30.0 Å². The second-order valence-corrected chi connectivity index (χ2v) is 22.6. The second kappa shape index (κ2) is 25.4. The number of hydrogen-bond donors (Lipinski definition) is 12. The first-order valence-electron chi connectivity index (χ1n) is 25.8. The summed E-state index contributed by atoms with van der Waals surface area (Å²) >= 11 is -2.38. The van der Waals surface area contributed by atoms with Crippen LogP contribution in [0.2, 0.25) is 0 Å². The predicted octanol–water partition coefficient (Wildman–Crippen LogP) is -3.20. The van der Waals surface area contributed by atoms with Crippen molar-refractivity contribution in [1.29, 1.82) is 0 Å². The van der Waals surface area contributed by atoms with Crippen LogP contribution in [0.25, 0.3) is 10.9 Å². The Labute approximate surface area is 447 Å². The predicted molar refractivity (Wildman–Crippen MR) is 273 cm³/mol. The Morgan fingerprint density at radius 3 is 2.25 bits per heavy atom. The van der Waals surface area contributed by atoms with Gasteiger partial charge in [-0.05, 0) is 58.1 Å². The van der Waals surface area contributed by atoms with Crippen molar-refractivity contribution in [2.45, 2.75) is 164 Å². The fraction of sp³-hybridized carbons (Fsp3) is 0.640. The molecule has 1 aromatic carbocycles. The lowest BCUT2D eigenvalue weighted by Crippen LogP contribution is -2.68. The molecule has 0 saturated carbocycles. The molecule has 77 heavy (non-hydrogen) atoms. The van der Waals surface area contributed by atoms with Gasteiger partial charge in [-0.15, -0.1) is 0 Å². The van der Waals surface area contributed by atoms with Crippen LogP contribution in [0.3, 0.4) is 0 Å². The van der Waals surface area contributed by atoms with Crippen molar-refractivity contribution in [3.63, 3.8) is 0 Å². The van der Waals surface area contributed by atoms with Gasteiger partial charge in [0.25, 0.3) is 0 Å². The first-order chi connectivity index (χ1) is 36.2. The smallest absolute Gasteiger partial charge is 0.306 e. The average molecular weight is 1100 g/mol. The molecule has 1 aromatic heterocycles. The van der Waals surface area contributed by atoms with Crippen molar-refractivity contribution in [1.82, 2.24) is 47.1 Å². The van der Waals surface area contributed by atoms with Crippen LogP contribution >= 0.6 is 0 Å². The Balaban J connectivity index is 1.64. The number of fused-ring (bicyclic) bond motifs is 7. The van der Waals surface area contributed by atoms with Gasteiger partial charge in [0, 0.05) is 59.9 Å². The number of benzene rings is 1. The summed E-state index contributed by atoms with van der Waals surface area (Å²) in [7, 11) is 0. The highest BCUT2D eigenvalue weighted by Gasteiger charge is 2.57. The van der Waals surface area contributed by atoms with Gasteiger partial charge in [0.1, 0.15) is 41.3 Å². The van der Waals surface area contributed by atoms with Gasteiger partial charge in [-0.25, -0.2) is 4.90 Å². The van der Waals surface area contributed by atoms with Crippen LogP contribution in [0.1, 0.15) is 98.5 Å². The summed E-state index contributed by atoms with van der Waals surface area (Å²) in [5.74, 6) is -12.3. The Morgan fingerprint density at radius 2 is 1.58 bits per heavy atom. The Bertz CT molecular complexity index is 2590. The number of nitrogens with two attached hydrogens (primary N) is 1. The SMILES string of the molecule is CC[C@H](C)[C@@H]1NC(=O)CNC(=O)C2Cc3c4[nH]c5cc(ccc35)OC(CCCCCC(=O)OC(C)(C)C)(C(=O)[C@H](CC(N)=O)NC(=O)C(C[S@@+]4[O-])NC(=O)CNC1=O)N1CC(O)C[C@H]1C(=O)N[C@@H]([C@@H](C)[C@@H](O)CO)C(=O)N2. The molecule has 1 fully saturated rings. The zero-order valence-corrected chi connectivity index (χ0v) is 44.8. The quantitative estimate of drug-likeness (QED) is 0.0534. The molecule has 6 heterocycles. The standard InChI is InChI=1S/C50H72N10O16S/c1-7-24(2)40-46(72)53-19-37(65)54-33-23-77(74)48-29-17-32(43(69)52-20-38(66)58-40)56-47(73)41(25(3)35(63)22-61)59-45(71)34-15-26(62)21-60(34)50(42(68)31(18-36(51)64)55-44(33)70,75-27-12-13-28(29)30(16-27)57-48)14-10-8-9-11-39(67)76-49(4,5)6/h12-13,16,24-26,31-35,40-41,57,61-63H,7-11,14-15,17-23H2,1-6H3,(H2,51,64)(H,52,69)(H,53,72)(H,54,65)(H,55,70)(H,56,73)(H,58,66)(H,59,71)/t24-,25-,26?,31-,32?,33?,34-,35-,40-,41-,50?,77+/m0/s1. The zero-order valence-electron chi connectivity index (χ0n) is 44.0. The number of ether oxygens (including phenoxy) is 2. The number of aromatic amines is 1. The first-order valence-corrected chi connectivity index (χ1v) is 27.1. The van der Waals surface area contributed by atoms with Gasteiger partial charge in [0.05, 0.1) is 49.9 Å². The lowest BCUT2D eigenvalue weighted by Gasteiger charge is -2.45. The van der Waals surface area contributed by atoms with Crippen LogP contribution in [0.15, 0.2) is 23.2 Å². The second-order valence-electron chi connectivity index (χ2n) is 21.2. The minimum absolute atomic E-state index is 0.0312. The molecule has 8 amide bonds. The van der Waals surface area contributed by atoms with Crippen molar-refractivity contribution in [2.24, 2.45) is 17.6 Å². The summed E-state index contributed by atoms with van der Waals surface area (Å²) in [4.78, 5) is 146. The molecule has 7 rings (SSSR count). The van der Waals surface area contributed by atoms with E-state index in [4.69, 9.17) is 15.2 Å². The molecule has 0 aliphatic carbocycles. The molecule has 26 nitrogen and oxygen atoms in total. The Hall–Kier alpha value is -6.39. The number of unbranched alkanes of at least 4 members (excludes halogenated alkanes) is 2. The maximum atomic E-state index is 16.0. The number of aliphatic hydroxyl groups is 3. The number of nitrogens with zero attached hydrogens (tertiary/aromatic N) is 1. The van der Waals surface area contributed by atoms with E-state index < -0.39 is 193 Å². The van der Waals surface area contributed by atoms with Gasteiger partial charge in [-0.1, -0.05) is 33.6 Å². The number of H-pyrrole nitrogens is 1. The third-order valence-corrected chi connectivity index (χ3v) is 15.6. The molecule has 13 N–H and O–H groups in total.